The molecule has 84 valence electrons. The minimum Gasteiger partial charge on any atom is -0.396 e. The van der Waals surface area contributed by atoms with Gasteiger partial charge >= 0.3 is 0 Å². The van der Waals surface area contributed by atoms with Crippen LogP contribution in [0, 0.1) is 6.92 Å². The van der Waals surface area contributed by atoms with E-state index in [9.17, 15) is 0 Å². The highest BCUT2D eigenvalue weighted by molar-refractivity contribution is 5.63. The zero-order valence-electron chi connectivity index (χ0n) is 10.1. The predicted octanol–water partition coefficient (Wildman–Crippen LogP) is 2.60. The number of nitrogens with zero attached hydrogens (tertiary/aromatic N) is 2. The Morgan fingerprint density at radius 1 is 1.40 bits per heavy atom. The Bertz CT molecular complexity index is 321. The second-order valence-electron chi connectivity index (χ2n) is 4.15. The molecule has 0 spiro atoms. The average molecular weight is 207 g/mol. The van der Waals surface area contributed by atoms with Gasteiger partial charge in [-0.05, 0) is 39.3 Å². The first-order valence-corrected chi connectivity index (χ1v) is 5.56. The molecular weight excluding hydrogens is 186 g/mol. The van der Waals surface area contributed by atoms with Crippen molar-refractivity contribution in [3.05, 3.63) is 17.8 Å². The minimum absolute atomic E-state index is 0.432. The Hall–Kier alpha value is -1.25. The lowest BCUT2D eigenvalue weighted by molar-refractivity contribution is 0.662. The van der Waals surface area contributed by atoms with Gasteiger partial charge in [-0.3, -0.25) is 0 Å². The van der Waals surface area contributed by atoms with Crippen molar-refractivity contribution in [2.45, 2.75) is 40.2 Å². The van der Waals surface area contributed by atoms with Crippen molar-refractivity contribution < 1.29 is 0 Å². The van der Waals surface area contributed by atoms with E-state index in [1.54, 1.807) is 0 Å². The van der Waals surface area contributed by atoms with Gasteiger partial charge in [0.2, 0.25) is 0 Å². The molecule has 0 bridgehead atoms. The van der Waals surface area contributed by atoms with Crippen LogP contribution in [0.25, 0.3) is 0 Å². The Morgan fingerprint density at radius 3 is 2.60 bits per heavy atom. The van der Waals surface area contributed by atoms with Crippen LogP contribution in [0.3, 0.4) is 0 Å². The molecule has 1 aromatic heterocycles. The fraction of sp³-hybridized carbons (Fsp3) is 0.583. The lowest BCUT2D eigenvalue weighted by Gasteiger charge is -2.28. The zero-order chi connectivity index (χ0) is 11.4. The van der Waals surface area contributed by atoms with Crippen molar-refractivity contribution in [2.75, 3.05) is 17.2 Å². The molecule has 0 atom stereocenters. The van der Waals surface area contributed by atoms with E-state index in [0.29, 0.717) is 6.04 Å². The number of aryl methyl sites for hydroxylation is 1. The number of pyridine rings is 1. The summed E-state index contributed by atoms with van der Waals surface area (Å²) in [6.07, 6.45) is 1.10. The molecule has 1 aromatic rings. The van der Waals surface area contributed by atoms with Crippen LogP contribution >= 0.6 is 0 Å². The summed E-state index contributed by atoms with van der Waals surface area (Å²) in [5.41, 5.74) is 7.74. The number of rotatable bonds is 4. The highest BCUT2D eigenvalue weighted by Gasteiger charge is 2.13. The lowest BCUT2D eigenvalue weighted by Crippen LogP contribution is -2.33. The van der Waals surface area contributed by atoms with Crippen molar-refractivity contribution in [3.8, 4) is 0 Å². The van der Waals surface area contributed by atoms with E-state index < -0.39 is 0 Å². The van der Waals surface area contributed by atoms with Crippen LogP contribution < -0.4 is 10.6 Å². The highest BCUT2D eigenvalue weighted by Crippen LogP contribution is 2.22. The van der Waals surface area contributed by atoms with Gasteiger partial charge in [0.25, 0.3) is 0 Å². The van der Waals surface area contributed by atoms with Gasteiger partial charge in [0.15, 0.2) is 5.82 Å². The summed E-state index contributed by atoms with van der Waals surface area (Å²) in [6.45, 7) is 9.49. The molecule has 2 N–H and O–H groups in total. The van der Waals surface area contributed by atoms with Crippen LogP contribution in [0.4, 0.5) is 11.5 Å². The van der Waals surface area contributed by atoms with E-state index in [2.05, 4.69) is 30.7 Å². The van der Waals surface area contributed by atoms with Gasteiger partial charge in [0, 0.05) is 18.3 Å². The number of nitrogen functional groups attached to an aromatic ring is 1. The van der Waals surface area contributed by atoms with Crippen molar-refractivity contribution in [1.82, 2.24) is 4.98 Å². The summed E-state index contributed by atoms with van der Waals surface area (Å²) in [6, 6.07) is 4.31. The minimum atomic E-state index is 0.432. The lowest BCUT2D eigenvalue weighted by atomic mass is 10.2. The maximum absolute atomic E-state index is 5.95. The molecule has 0 aliphatic rings. The van der Waals surface area contributed by atoms with E-state index in [-0.39, 0.29) is 0 Å². The normalized spacial score (nSPS) is 10.7. The molecule has 0 aliphatic carbocycles. The predicted molar refractivity (Wildman–Crippen MR) is 66.2 cm³/mol. The second-order valence-corrected chi connectivity index (χ2v) is 4.15. The Morgan fingerprint density at radius 2 is 2.07 bits per heavy atom. The molecular formula is C12H21N3. The third-order valence-corrected chi connectivity index (χ3v) is 2.40. The van der Waals surface area contributed by atoms with Gasteiger partial charge in [0.1, 0.15) is 0 Å². The summed E-state index contributed by atoms with van der Waals surface area (Å²) >= 11 is 0. The summed E-state index contributed by atoms with van der Waals surface area (Å²) < 4.78 is 0. The molecule has 0 unspecified atom stereocenters. The largest absolute Gasteiger partial charge is 0.396 e. The van der Waals surface area contributed by atoms with E-state index >= 15 is 0 Å². The molecule has 0 saturated heterocycles. The monoisotopic (exact) mass is 207 g/mol. The quantitative estimate of drug-likeness (QED) is 0.825. The second kappa shape index (κ2) is 5.01. The first kappa shape index (κ1) is 11.8. The number of aromatic nitrogens is 1. The van der Waals surface area contributed by atoms with Gasteiger partial charge in [-0.1, -0.05) is 6.92 Å². The SMILES string of the molecule is CCCN(c1nc(C)ccc1N)C(C)C. The van der Waals surface area contributed by atoms with E-state index in [1.807, 2.05) is 19.1 Å². The molecule has 3 nitrogen and oxygen atoms in total. The molecule has 0 radical (unpaired) electrons. The van der Waals surface area contributed by atoms with Gasteiger partial charge in [-0.15, -0.1) is 0 Å². The van der Waals surface area contributed by atoms with Gasteiger partial charge in [0.05, 0.1) is 5.69 Å². The number of hydrogen-bond donors (Lipinski definition) is 1. The van der Waals surface area contributed by atoms with Crippen LogP contribution in [0.1, 0.15) is 32.9 Å². The van der Waals surface area contributed by atoms with Crippen LogP contribution in [0.5, 0.6) is 0 Å². The number of hydrogen-bond acceptors (Lipinski definition) is 3. The zero-order valence-corrected chi connectivity index (χ0v) is 10.1. The Balaban J connectivity index is 3.04. The third kappa shape index (κ3) is 2.85. The molecule has 0 aliphatic heterocycles. The fourth-order valence-electron chi connectivity index (χ4n) is 1.63. The van der Waals surface area contributed by atoms with E-state index in [4.69, 9.17) is 5.73 Å². The van der Waals surface area contributed by atoms with Gasteiger partial charge in [-0.2, -0.15) is 0 Å². The Labute approximate surface area is 92.3 Å². The van der Waals surface area contributed by atoms with Crippen molar-refractivity contribution in [1.29, 1.82) is 0 Å². The summed E-state index contributed by atoms with van der Waals surface area (Å²) in [5, 5.41) is 0. The van der Waals surface area contributed by atoms with Crippen LogP contribution in [0.15, 0.2) is 12.1 Å². The van der Waals surface area contributed by atoms with Crippen molar-refractivity contribution in [2.24, 2.45) is 0 Å². The molecule has 0 aromatic carbocycles. The fourth-order valence-corrected chi connectivity index (χ4v) is 1.63. The molecule has 15 heavy (non-hydrogen) atoms. The topological polar surface area (TPSA) is 42.2 Å². The molecule has 0 amide bonds. The molecule has 0 saturated carbocycles. The summed E-state index contributed by atoms with van der Waals surface area (Å²) in [5.74, 6) is 0.923. The summed E-state index contributed by atoms with van der Waals surface area (Å²) in [7, 11) is 0. The van der Waals surface area contributed by atoms with E-state index in [1.165, 1.54) is 0 Å². The molecule has 3 heteroatoms. The van der Waals surface area contributed by atoms with Gasteiger partial charge < -0.3 is 10.6 Å². The maximum atomic E-state index is 5.95. The molecule has 1 rings (SSSR count). The average Bonchev–Trinajstić information content (AvgIpc) is 2.18. The first-order valence-electron chi connectivity index (χ1n) is 5.56. The van der Waals surface area contributed by atoms with Crippen molar-refractivity contribution in [3.63, 3.8) is 0 Å². The van der Waals surface area contributed by atoms with E-state index in [0.717, 1.165) is 30.2 Å². The van der Waals surface area contributed by atoms with Crippen LogP contribution in [-0.2, 0) is 0 Å². The summed E-state index contributed by atoms with van der Waals surface area (Å²) in [4.78, 5) is 6.77. The standard InChI is InChI=1S/C12H21N3/c1-5-8-15(9(2)3)12-11(13)7-6-10(4)14-12/h6-7,9H,5,8,13H2,1-4H3. The van der Waals surface area contributed by atoms with Crippen molar-refractivity contribution >= 4 is 11.5 Å². The van der Waals surface area contributed by atoms with Crippen LogP contribution in [0.2, 0.25) is 0 Å². The highest BCUT2D eigenvalue weighted by atomic mass is 15.2. The first-order chi connectivity index (χ1) is 7.06. The maximum Gasteiger partial charge on any atom is 0.152 e. The van der Waals surface area contributed by atoms with Gasteiger partial charge in [-0.25, -0.2) is 4.98 Å². The van der Waals surface area contributed by atoms with Crippen LogP contribution in [-0.4, -0.2) is 17.6 Å². The smallest absolute Gasteiger partial charge is 0.152 e. The molecule has 1 heterocycles. The number of anilines is 2. The number of nitrogens with two attached hydrogens (primary N) is 1. The Kier molecular flexibility index (Phi) is 3.95. The molecule has 0 fully saturated rings. The third-order valence-electron chi connectivity index (χ3n) is 2.40.